The second-order valence-corrected chi connectivity index (χ2v) is 2.91. The van der Waals surface area contributed by atoms with Gasteiger partial charge in [-0.05, 0) is 12.1 Å². The van der Waals surface area contributed by atoms with E-state index in [2.05, 4.69) is 10.3 Å². The van der Waals surface area contributed by atoms with Crippen LogP contribution in [0.25, 0.3) is 0 Å². The van der Waals surface area contributed by atoms with Crippen molar-refractivity contribution in [1.82, 2.24) is 10.3 Å². The number of hydrogen-bond donors (Lipinski definition) is 1. The molecular formula is C10H14N2O3. The lowest BCUT2D eigenvalue weighted by molar-refractivity contribution is 0.0871. The molecule has 0 aliphatic rings. The van der Waals surface area contributed by atoms with E-state index in [1.807, 2.05) is 0 Å². The number of amides is 1. The molecular weight excluding hydrogens is 196 g/mol. The number of methoxy groups -OCH3 is 2. The lowest BCUT2D eigenvalue weighted by Gasteiger charge is -2.04. The van der Waals surface area contributed by atoms with Crippen molar-refractivity contribution in [2.45, 2.75) is 6.61 Å². The molecule has 0 bridgehead atoms. The smallest absolute Gasteiger partial charge is 0.253 e. The molecule has 5 nitrogen and oxygen atoms in total. The molecule has 82 valence electrons. The predicted molar refractivity (Wildman–Crippen MR) is 54.3 cm³/mol. The summed E-state index contributed by atoms with van der Waals surface area (Å²) in [5.74, 6) is -0.184. The lowest BCUT2D eigenvalue weighted by Crippen LogP contribution is -2.25. The normalized spacial score (nSPS) is 10.0. The molecule has 5 heteroatoms. The van der Waals surface area contributed by atoms with Crippen LogP contribution in [0.3, 0.4) is 0 Å². The number of rotatable bonds is 5. The van der Waals surface area contributed by atoms with Crippen LogP contribution >= 0.6 is 0 Å². The van der Waals surface area contributed by atoms with Crippen molar-refractivity contribution >= 4 is 5.91 Å². The quantitative estimate of drug-likeness (QED) is 0.721. The first kappa shape index (κ1) is 11.6. The van der Waals surface area contributed by atoms with Crippen LogP contribution in [0.1, 0.15) is 16.1 Å². The summed E-state index contributed by atoms with van der Waals surface area (Å²) in [4.78, 5) is 15.6. The third kappa shape index (κ3) is 3.65. The number of carbonyl (C=O) groups is 1. The number of carbonyl (C=O) groups excluding carboxylic acids is 1. The average molecular weight is 210 g/mol. The summed E-state index contributed by atoms with van der Waals surface area (Å²) in [5.41, 5.74) is 1.27. The maximum absolute atomic E-state index is 11.5. The molecule has 1 heterocycles. The van der Waals surface area contributed by atoms with Crippen LogP contribution in [-0.4, -0.2) is 31.8 Å². The number of aromatic nitrogens is 1. The minimum absolute atomic E-state index is 0.184. The van der Waals surface area contributed by atoms with Crippen molar-refractivity contribution < 1.29 is 14.3 Å². The Hall–Kier alpha value is -1.46. The number of ether oxygens (including phenoxy) is 2. The van der Waals surface area contributed by atoms with E-state index in [-0.39, 0.29) is 12.6 Å². The van der Waals surface area contributed by atoms with E-state index in [1.165, 1.54) is 7.11 Å². The van der Waals surface area contributed by atoms with E-state index in [0.717, 1.165) is 5.69 Å². The zero-order valence-electron chi connectivity index (χ0n) is 8.82. The first-order chi connectivity index (χ1) is 7.27. The number of hydrogen-bond acceptors (Lipinski definition) is 4. The van der Waals surface area contributed by atoms with Gasteiger partial charge in [0.1, 0.15) is 6.73 Å². The highest BCUT2D eigenvalue weighted by atomic mass is 16.5. The highest BCUT2D eigenvalue weighted by Gasteiger charge is 2.05. The molecule has 0 fully saturated rings. The van der Waals surface area contributed by atoms with Gasteiger partial charge < -0.3 is 14.8 Å². The van der Waals surface area contributed by atoms with Crippen molar-refractivity contribution in [3.63, 3.8) is 0 Å². The fraction of sp³-hybridized carbons (Fsp3) is 0.400. The monoisotopic (exact) mass is 210 g/mol. The SMILES string of the molecule is COCNC(=O)c1ccnc(COC)c1. The fourth-order valence-corrected chi connectivity index (χ4v) is 1.09. The Kier molecular flexibility index (Phi) is 4.73. The van der Waals surface area contributed by atoms with E-state index >= 15 is 0 Å². The van der Waals surface area contributed by atoms with Crippen LogP contribution in [0.5, 0.6) is 0 Å². The molecule has 0 aliphatic carbocycles. The summed E-state index contributed by atoms with van der Waals surface area (Å²) in [6, 6.07) is 3.33. The van der Waals surface area contributed by atoms with Gasteiger partial charge in [0.25, 0.3) is 5.91 Å². The largest absolute Gasteiger partial charge is 0.378 e. The maximum atomic E-state index is 11.5. The molecule has 1 amide bonds. The number of nitrogens with one attached hydrogen (secondary N) is 1. The molecule has 0 aromatic carbocycles. The van der Waals surface area contributed by atoms with Gasteiger partial charge in [0.15, 0.2) is 0 Å². The van der Waals surface area contributed by atoms with Gasteiger partial charge in [0.05, 0.1) is 12.3 Å². The fourth-order valence-electron chi connectivity index (χ4n) is 1.09. The van der Waals surface area contributed by atoms with Crippen molar-refractivity contribution in [3.8, 4) is 0 Å². The molecule has 0 atom stereocenters. The number of pyridine rings is 1. The van der Waals surface area contributed by atoms with E-state index in [9.17, 15) is 4.79 Å². The highest BCUT2D eigenvalue weighted by Crippen LogP contribution is 2.02. The van der Waals surface area contributed by atoms with E-state index in [0.29, 0.717) is 12.2 Å². The molecule has 1 rings (SSSR count). The van der Waals surface area contributed by atoms with E-state index < -0.39 is 0 Å². The van der Waals surface area contributed by atoms with Gasteiger partial charge in [-0.1, -0.05) is 0 Å². The van der Waals surface area contributed by atoms with Crippen LogP contribution in [0, 0.1) is 0 Å². The summed E-state index contributed by atoms with van der Waals surface area (Å²) in [6.07, 6.45) is 1.58. The second-order valence-electron chi connectivity index (χ2n) is 2.91. The van der Waals surface area contributed by atoms with E-state index in [4.69, 9.17) is 9.47 Å². The molecule has 1 N–H and O–H groups in total. The summed E-state index contributed by atoms with van der Waals surface area (Å²) in [5, 5.41) is 2.59. The minimum Gasteiger partial charge on any atom is -0.378 e. The second kappa shape index (κ2) is 6.10. The van der Waals surface area contributed by atoms with Gasteiger partial charge in [0, 0.05) is 26.0 Å². The minimum atomic E-state index is -0.184. The molecule has 0 unspecified atom stereocenters. The van der Waals surface area contributed by atoms with Crippen LogP contribution < -0.4 is 5.32 Å². The van der Waals surface area contributed by atoms with Crippen LogP contribution in [0.2, 0.25) is 0 Å². The Labute approximate surface area is 88.4 Å². The van der Waals surface area contributed by atoms with Gasteiger partial charge in [-0.3, -0.25) is 9.78 Å². The zero-order valence-corrected chi connectivity index (χ0v) is 8.82. The van der Waals surface area contributed by atoms with Crippen molar-refractivity contribution in [2.24, 2.45) is 0 Å². The van der Waals surface area contributed by atoms with Gasteiger partial charge >= 0.3 is 0 Å². The molecule has 0 radical (unpaired) electrons. The van der Waals surface area contributed by atoms with Crippen molar-refractivity contribution in [2.75, 3.05) is 21.0 Å². The molecule has 1 aromatic heterocycles. The highest BCUT2D eigenvalue weighted by molar-refractivity contribution is 5.94. The summed E-state index contributed by atoms with van der Waals surface area (Å²) in [7, 11) is 3.10. The van der Waals surface area contributed by atoms with E-state index in [1.54, 1.807) is 25.4 Å². The van der Waals surface area contributed by atoms with Crippen LogP contribution in [-0.2, 0) is 16.1 Å². The third-order valence-corrected chi connectivity index (χ3v) is 1.75. The average Bonchev–Trinajstić information content (AvgIpc) is 2.27. The predicted octanol–water partition coefficient (Wildman–Crippen LogP) is 0.562. The van der Waals surface area contributed by atoms with Crippen LogP contribution in [0.15, 0.2) is 18.3 Å². The topological polar surface area (TPSA) is 60.5 Å². The Morgan fingerprint density at radius 1 is 1.47 bits per heavy atom. The standard InChI is InChI=1S/C10H14N2O3/c1-14-6-9-5-8(3-4-11-9)10(13)12-7-15-2/h3-5H,6-7H2,1-2H3,(H,12,13). The molecule has 1 aromatic rings. The Balaban J connectivity index is 2.67. The summed E-state index contributed by atoms with van der Waals surface area (Å²) < 4.78 is 9.66. The molecule has 0 aliphatic heterocycles. The Bertz CT molecular complexity index is 328. The van der Waals surface area contributed by atoms with Gasteiger partial charge in [-0.2, -0.15) is 0 Å². The third-order valence-electron chi connectivity index (χ3n) is 1.75. The van der Waals surface area contributed by atoms with Gasteiger partial charge in [0.2, 0.25) is 0 Å². The Morgan fingerprint density at radius 2 is 2.27 bits per heavy atom. The first-order valence-corrected chi connectivity index (χ1v) is 4.49. The van der Waals surface area contributed by atoms with Crippen molar-refractivity contribution in [1.29, 1.82) is 0 Å². The summed E-state index contributed by atoms with van der Waals surface area (Å²) in [6.45, 7) is 0.589. The van der Waals surface area contributed by atoms with Gasteiger partial charge in [-0.25, -0.2) is 0 Å². The Morgan fingerprint density at radius 3 is 2.93 bits per heavy atom. The molecule has 0 saturated heterocycles. The molecule has 0 saturated carbocycles. The first-order valence-electron chi connectivity index (χ1n) is 4.49. The molecule has 0 spiro atoms. The molecule has 15 heavy (non-hydrogen) atoms. The van der Waals surface area contributed by atoms with Crippen molar-refractivity contribution in [3.05, 3.63) is 29.6 Å². The van der Waals surface area contributed by atoms with Gasteiger partial charge in [-0.15, -0.1) is 0 Å². The lowest BCUT2D eigenvalue weighted by atomic mass is 10.2. The maximum Gasteiger partial charge on any atom is 0.253 e. The summed E-state index contributed by atoms with van der Waals surface area (Å²) >= 11 is 0. The zero-order chi connectivity index (χ0) is 11.1. The van der Waals surface area contributed by atoms with Crippen LogP contribution in [0.4, 0.5) is 0 Å². The number of nitrogens with zero attached hydrogens (tertiary/aromatic N) is 1.